The first kappa shape index (κ1) is 14.1. The van der Waals surface area contributed by atoms with Gasteiger partial charge in [-0.25, -0.2) is 4.98 Å². The van der Waals surface area contributed by atoms with Crippen molar-refractivity contribution >= 4 is 27.0 Å². The zero-order valence-electron chi connectivity index (χ0n) is 11.6. The second kappa shape index (κ2) is 5.50. The topological polar surface area (TPSA) is 74.9 Å². The summed E-state index contributed by atoms with van der Waals surface area (Å²) in [6.45, 7) is 2.03. The smallest absolute Gasteiger partial charge is 0.124 e. The molecule has 3 rings (SSSR count). The molecule has 0 amide bonds. The van der Waals surface area contributed by atoms with E-state index in [-0.39, 0.29) is 11.8 Å². The van der Waals surface area contributed by atoms with E-state index in [2.05, 4.69) is 25.9 Å². The van der Waals surface area contributed by atoms with E-state index in [1.54, 1.807) is 12.1 Å². The third kappa shape index (κ3) is 2.94. The first-order valence-corrected chi connectivity index (χ1v) is 7.51. The van der Waals surface area contributed by atoms with Crippen LogP contribution in [0, 0.1) is 6.92 Å². The fourth-order valence-corrected chi connectivity index (χ4v) is 3.00. The number of halogens is 1. The van der Waals surface area contributed by atoms with Crippen LogP contribution in [-0.2, 0) is 6.42 Å². The number of hydrogen-bond donors (Lipinski definition) is 3. The van der Waals surface area contributed by atoms with Crippen molar-refractivity contribution in [3.8, 4) is 5.75 Å². The van der Waals surface area contributed by atoms with Crippen molar-refractivity contribution in [2.75, 3.05) is 0 Å². The minimum absolute atomic E-state index is 0.208. The Morgan fingerprint density at radius 3 is 2.71 bits per heavy atom. The van der Waals surface area contributed by atoms with Crippen molar-refractivity contribution in [3.05, 3.63) is 57.8 Å². The largest absolute Gasteiger partial charge is 0.508 e. The van der Waals surface area contributed by atoms with Gasteiger partial charge in [-0.1, -0.05) is 28.1 Å². The lowest BCUT2D eigenvalue weighted by Crippen LogP contribution is -2.14. The molecule has 1 unspecified atom stereocenters. The monoisotopic (exact) mass is 345 g/mol. The average molecular weight is 346 g/mol. The number of phenols is 1. The van der Waals surface area contributed by atoms with Crippen molar-refractivity contribution in [2.45, 2.75) is 19.4 Å². The van der Waals surface area contributed by atoms with E-state index in [0.717, 1.165) is 32.5 Å². The molecule has 1 heterocycles. The molecule has 2 aromatic carbocycles. The van der Waals surface area contributed by atoms with Crippen LogP contribution in [0.2, 0.25) is 0 Å². The summed E-state index contributed by atoms with van der Waals surface area (Å²) in [4.78, 5) is 7.91. The van der Waals surface area contributed by atoms with Crippen molar-refractivity contribution < 1.29 is 5.11 Å². The van der Waals surface area contributed by atoms with E-state index in [4.69, 9.17) is 5.73 Å². The van der Waals surface area contributed by atoms with Crippen LogP contribution in [0.5, 0.6) is 5.75 Å². The number of hydrogen-bond acceptors (Lipinski definition) is 3. The van der Waals surface area contributed by atoms with Gasteiger partial charge in [0.2, 0.25) is 0 Å². The molecular weight excluding hydrogens is 330 g/mol. The Labute approximate surface area is 131 Å². The number of fused-ring (bicyclic) bond motifs is 1. The number of H-pyrrole nitrogens is 1. The standard InChI is InChI=1S/C16H16BrN3O/c1-9-6-11(17)8-14-15(9)20-16(19-14)13(18)7-10-2-4-12(21)5-3-10/h2-6,8,13,21H,7,18H2,1H3,(H,19,20). The predicted octanol–water partition coefficient (Wildman–Crippen LogP) is 3.58. The van der Waals surface area contributed by atoms with Gasteiger partial charge < -0.3 is 15.8 Å². The molecule has 1 aromatic heterocycles. The summed E-state index contributed by atoms with van der Waals surface area (Å²) in [6.07, 6.45) is 0.667. The van der Waals surface area contributed by atoms with Crippen LogP contribution >= 0.6 is 15.9 Å². The zero-order valence-corrected chi connectivity index (χ0v) is 13.2. The molecule has 0 fully saturated rings. The predicted molar refractivity (Wildman–Crippen MR) is 87.3 cm³/mol. The SMILES string of the molecule is Cc1cc(Br)cc2[nH]c(C(N)Cc3ccc(O)cc3)nc12. The van der Waals surface area contributed by atoms with Crippen LogP contribution in [0.1, 0.15) is 23.0 Å². The first-order valence-electron chi connectivity index (χ1n) is 6.72. The third-order valence-corrected chi connectivity index (χ3v) is 3.96. The molecule has 0 bridgehead atoms. The van der Waals surface area contributed by atoms with Crippen LogP contribution in [0.3, 0.4) is 0 Å². The summed E-state index contributed by atoms with van der Waals surface area (Å²) in [5.74, 6) is 1.04. The Hall–Kier alpha value is -1.85. The molecule has 1 atom stereocenters. The second-order valence-corrected chi connectivity index (χ2v) is 6.13. The Balaban J connectivity index is 1.89. The maximum Gasteiger partial charge on any atom is 0.124 e. The minimum Gasteiger partial charge on any atom is -0.508 e. The first-order chi connectivity index (χ1) is 10.0. The van der Waals surface area contributed by atoms with Gasteiger partial charge in [0.15, 0.2) is 0 Å². The molecule has 21 heavy (non-hydrogen) atoms. The van der Waals surface area contributed by atoms with E-state index in [0.29, 0.717) is 6.42 Å². The number of rotatable bonds is 3. The average Bonchev–Trinajstić information content (AvgIpc) is 2.85. The van der Waals surface area contributed by atoms with E-state index in [9.17, 15) is 5.11 Å². The van der Waals surface area contributed by atoms with Gasteiger partial charge in [0.25, 0.3) is 0 Å². The molecule has 108 valence electrons. The summed E-state index contributed by atoms with van der Waals surface area (Å²) in [5.41, 5.74) is 10.4. The van der Waals surface area contributed by atoms with Gasteiger partial charge >= 0.3 is 0 Å². The third-order valence-electron chi connectivity index (χ3n) is 3.50. The van der Waals surface area contributed by atoms with Crippen LogP contribution in [0.25, 0.3) is 11.0 Å². The highest BCUT2D eigenvalue weighted by Gasteiger charge is 2.13. The summed E-state index contributed by atoms with van der Waals surface area (Å²) in [7, 11) is 0. The molecule has 0 saturated carbocycles. The maximum absolute atomic E-state index is 9.31. The minimum atomic E-state index is -0.208. The molecule has 0 saturated heterocycles. The van der Waals surface area contributed by atoms with Crippen molar-refractivity contribution in [3.63, 3.8) is 0 Å². The molecular formula is C16H16BrN3O. The van der Waals surface area contributed by atoms with E-state index in [1.165, 1.54) is 0 Å². The Morgan fingerprint density at radius 1 is 1.29 bits per heavy atom. The van der Waals surface area contributed by atoms with Crippen LogP contribution in [0.4, 0.5) is 0 Å². The molecule has 0 radical (unpaired) electrons. The van der Waals surface area contributed by atoms with Crippen molar-refractivity contribution in [2.24, 2.45) is 5.73 Å². The lowest BCUT2D eigenvalue weighted by atomic mass is 10.1. The molecule has 0 aliphatic carbocycles. The summed E-state index contributed by atoms with van der Waals surface area (Å²) in [5, 5.41) is 9.31. The molecule has 4 N–H and O–H groups in total. The van der Waals surface area contributed by atoms with Gasteiger partial charge in [-0.3, -0.25) is 0 Å². The zero-order chi connectivity index (χ0) is 15.0. The number of aromatic nitrogens is 2. The van der Waals surface area contributed by atoms with Crippen LogP contribution < -0.4 is 5.73 Å². The highest BCUT2D eigenvalue weighted by atomic mass is 79.9. The van der Waals surface area contributed by atoms with Crippen LogP contribution in [0.15, 0.2) is 40.9 Å². The molecule has 0 spiro atoms. The van der Waals surface area contributed by atoms with Gasteiger partial charge in [-0.2, -0.15) is 0 Å². The number of aryl methyl sites for hydroxylation is 1. The van der Waals surface area contributed by atoms with Crippen molar-refractivity contribution in [1.29, 1.82) is 0 Å². The molecule has 3 aromatic rings. The maximum atomic E-state index is 9.31. The highest BCUT2D eigenvalue weighted by molar-refractivity contribution is 9.10. The van der Waals surface area contributed by atoms with E-state index < -0.39 is 0 Å². The van der Waals surface area contributed by atoms with Gasteiger partial charge in [-0.15, -0.1) is 0 Å². The molecule has 4 nitrogen and oxygen atoms in total. The van der Waals surface area contributed by atoms with Gasteiger partial charge in [-0.05, 0) is 48.7 Å². The van der Waals surface area contributed by atoms with Gasteiger partial charge in [0, 0.05) is 4.47 Å². The van der Waals surface area contributed by atoms with Crippen LogP contribution in [-0.4, -0.2) is 15.1 Å². The van der Waals surface area contributed by atoms with Gasteiger partial charge in [0.1, 0.15) is 11.6 Å². The summed E-state index contributed by atoms with van der Waals surface area (Å²) < 4.78 is 1.02. The quantitative estimate of drug-likeness (QED) is 0.679. The number of phenolic OH excluding ortho intramolecular Hbond substituents is 1. The number of imidazole rings is 1. The number of nitrogens with zero attached hydrogens (tertiary/aromatic N) is 1. The second-order valence-electron chi connectivity index (χ2n) is 5.22. The van der Waals surface area contributed by atoms with E-state index >= 15 is 0 Å². The number of aromatic amines is 1. The molecule has 0 aliphatic heterocycles. The fraction of sp³-hybridized carbons (Fsp3) is 0.188. The Kier molecular flexibility index (Phi) is 3.69. The lowest BCUT2D eigenvalue weighted by Gasteiger charge is -2.08. The molecule has 0 aliphatic rings. The van der Waals surface area contributed by atoms with Gasteiger partial charge in [0.05, 0.1) is 17.1 Å². The summed E-state index contributed by atoms with van der Waals surface area (Å²) >= 11 is 3.49. The normalized spacial score (nSPS) is 12.7. The summed E-state index contributed by atoms with van der Waals surface area (Å²) in [6, 6.07) is 10.9. The molecule has 5 heteroatoms. The highest BCUT2D eigenvalue weighted by Crippen LogP contribution is 2.24. The number of nitrogens with two attached hydrogens (primary N) is 1. The number of nitrogens with one attached hydrogen (secondary N) is 1. The Morgan fingerprint density at radius 2 is 2.00 bits per heavy atom. The number of benzene rings is 2. The number of aromatic hydroxyl groups is 1. The van der Waals surface area contributed by atoms with E-state index in [1.807, 2.05) is 31.2 Å². The lowest BCUT2D eigenvalue weighted by molar-refractivity contribution is 0.475. The Bertz CT molecular complexity index is 780. The van der Waals surface area contributed by atoms with Crippen molar-refractivity contribution in [1.82, 2.24) is 9.97 Å². The fourth-order valence-electron chi connectivity index (χ4n) is 2.42.